The Hall–Kier alpha value is -4.29. The molecule has 2 N–H and O–H groups in total. The molecule has 4 aromatic rings. The van der Waals surface area contributed by atoms with Gasteiger partial charge in [0.05, 0.1) is 12.7 Å². The van der Waals surface area contributed by atoms with Gasteiger partial charge < -0.3 is 19.6 Å². The lowest BCUT2D eigenvalue weighted by molar-refractivity contribution is 0.0886. The van der Waals surface area contributed by atoms with Crippen LogP contribution in [0.4, 0.5) is 4.79 Å². The molecule has 190 valence electrons. The van der Waals surface area contributed by atoms with E-state index in [1.807, 2.05) is 24.3 Å². The molecule has 0 radical (unpaired) electrons. The van der Waals surface area contributed by atoms with Crippen molar-refractivity contribution in [3.63, 3.8) is 0 Å². The zero-order valence-corrected chi connectivity index (χ0v) is 20.8. The van der Waals surface area contributed by atoms with Gasteiger partial charge in [0.25, 0.3) is 0 Å². The molecule has 5 rings (SSSR count). The van der Waals surface area contributed by atoms with Gasteiger partial charge in [-0.05, 0) is 55.7 Å². The molecule has 2 aromatic carbocycles. The van der Waals surface area contributed by atoms with E-state index in [4.69, 9.17) is 9.47 Å². The van der Waals surface area contributed by atoms with Gasteiger partial charge >= 0.3 is 6.09 Å². The Kier molecular flexibility index (Phi) is 7.10. The minimum absolute atomic E-state index is 0.0566. The Bertz CT molecular complexity index is 1430. The minimum atomic E-state index is -0.728. The first-order valence-electron chi connectivity index (χ1n) is 12.2. The van der Waals surface area contributed by atoms with Crippen molar-refractivity contribution in [3.8, 4) is 17.6 Å². The zero-order valence-electron chi connectivity index (χ0n) is 20.8. The summed E-state index contributed by atoms with van der Waals surface area (Å²) in [6, 6.07) is 13.6. The number of aliphatic hydroxyl groups is 1. The monoisotopic (exact) mass is 499 g/mol. The summed E-state index contributed by atoms with van der Waals surface area (Å²) in [6.45, 7) is 4.80. The maximum atomic E-state index is 13.1. The van der Waals surface area contributed by atoms with Crippen LogP contribution < -0.4 is 4.74 Å². The minimum Gasteiger partial charge on any atom is -0.491 e. The lowest BCUT2D eigenvalue weighted by Gasteiger charge is -2.35. The van der Waals surface area contributed by atoms with Crippen molar-refractivity contribution >= 4 is 17.0 Å². The van der Waals surface area contributed by atoms with Crippen molar-refractivity contribution in [2.75, 3.05) is 19.8 Å². The first-order chi connectivity index (χ1) is 18.0. The molecule has 0 fully saturated rings. The number of hydrogen-bond acceptors (Lipinski definition) is 6. The van der Waals surface area contributed by atoms with Crippen LogP contribution in [-0.4, -0.2) is 61.9 Å². The van der Waals surface area contributed by atoms with Gasteiger partial charge in [0.15, 0.2) is 6.61 Å². The molecule has 0 saturated carbocycles. The maximum Gasteiger partial charge on any atom is 0.411 e. The van der Waals surface area contributed by atoms with E-state index in [-0.39, 0.29) is 19.3 Å². The van der Waals surface area contributed by atoms with Crippen molar-refractivity contribution in [1.82, 2.24) is 24.9 Å². The Morgan fingerprint density at radius 1 is 1.27 bits per heavy atom. The highest BCUT2D eigenvalue weighted by atomic mass is 16.6. The summed E-state index contributed by atoms with van der Waals surface area (Å²) >= 11 is 0. The van der Waals surface area contributed by atoms with Crippen LogP contribution in [0.15, 0.2) is 54.9 Å². The van der Waals surface area contributed by atoms with E-state index >= 15 is 0 Å². The van der Waals surface area contributed by atoms with Crippen molar-refractivity contribution < 1.29 is 19.4 Å². The fourth-order valence-electron chi connectivity index (χ4n) is 4.74. The quantitative estimate of drug-likeness (QED) is 0.377. The summed E-state index contributed by atoms with van der Waals surface area (Å²) in [7, 11) is 0. The molecule has 1 aliphatic rings. The predicted molar refractivity (Wildman–Crippen MR) is 138 cm³/mol. The van der Waals surface area contributed by atoms with E-state index in [9.17, 15) is 9.90 Å². The highest BCUT2D eigenvalue weighted by Gasteiger charge is 2.35. The van der Waals surface area contributed by atoms with Gasteiger partial charge in [0.1, 0.15) is 24.5 Å². The van der Waals surface area contributed by atoms with Crippen LogP contribution in [-0.2, 0) is 17.7 Å². The highest BCUT2D eigenvalue weighted by molar-refractivity contribution is 5.86. The van der Waals surface area contributed by atoms with Crippen molar-refractivity contribution in [1.29, 1.82) is 0 Å². The second kappa shape index (κ2) is 10.8. The maximum absolute atomic E-state index is 13.1. The van der Waals surface area contributed by atoms with E-state index in [1.165, 1.54) is 16.5 Å². The van der Waals surface area contributed by atoms with Crippen molar-refractivity contribution in [2.45, 2.75) is 39.0 Å². The molecule has 0 spiro atoms. The second-order valence-electron chi connectivity index (χ2n) is 9.05. The summed E-state index contributed by atoms with van der Waals surface area (Å²) in [5.41, 5.74) is 5.38. The number of aromatic nitrogens is 4. The normalized spacial score (nSPS) is 15.5. The molecule has 0 saturated heterocycles. The smallest absolute Gasteiger partial charge is 0.411 e. The standard InChI is InChI=1S/C28H29N5O4/c1-3-4-15-36-28(35)33-13-11-23-24-16-19(2)5-10-25(24)30-26(23)27(33)20-6-8-22(9-7-20)37-18-21(34)17-32-14-12-29-31-32/h5-10,12,14,16,21,27,30,34H,11,13,15,17-18H2,1-2H3. The molecule has 1 aliphatic heterocycles. The second-order valence-corrected chi connectivity index (χ2v) is 9.05. The number of H-pyrrole nitrogens is 1. The van der Waals surface area contributed by atoms with Crippen molar-refractivity contribution in [2.24, 2.45) is 0 Å². The summed E-state index contributed by atoms with van der Waals surface area (Å²) in [6.07, 6.45) is 2.86. The molecule has 3 heterocycles. The fraction of sp³-hybridized carbons (Fsp3) is 0.321. The molecule has 9 nitrogen and oxygen atoms in total. The van der Waals surface area contributed by atoms with Crippen LogP contribution in [0, 0.1) is 18.8 Å². The number of ether oxygens (including phenoxy) is 2. The van der Waals surface area contributed by atoms with Crippen LogP contribution in [0.5, 0.6) is 5.75 Å². The van der Waals surface area contributed by atoms with Crippen LogP contribution in [0.2, 0.25) is 0 Å². The van der Waals surface area contributed by atoms with E-state index < -0.39 is 12.2 Å². The van der Waals surface area contributed by atoms with E-state index in [1.54, 1.807) is 28.9 Å². The number of carbonyl (C=O) groups is 1. The number of hydrogen-bond donors (Lipinski definition) is 2. The number of fused-ring (bicyclic) bond motifs is 3. The van der Waals surface area contributed by atoms with Crippen molar-refractivity contribution in [3.05, 3.63) is 77.2 Å². The highest BCUT2D eigenvalue weighted by Crippen LogP contribution is 2.39. The number of nitrogens with one attached hydrogen (secondary N) is 1. The van der Waals surface area contributed by atoms with Crippen LogP contribution >= 0.6 is 0 Å². The topological polar surface area (TPSA) is 106 Å². The average molecular weight is 500 g/mol. The molecule has 2 aromatic heterocycles. The number of aliphatic hydroxyl groups excluding tert-OH is 1. The molecular formula is C28H29N5O4. The molecule has 9 heteroatoms. The average Bonchev–Trinajstić information content (AvgIpc) is 3.55. The van der Waals surface area contributed by atoms with Crippen LogP contribution in [0.3, 0.4) is 0 Å². The Morgan fingerprint density at radius 3 is 2.86 bits per heavy atom. The Morgan fingerprint density at radius 2 is 2.11 bits per heavy atom. The van der Waals surface area contributed by atoms with Gasteiger partial charge in [-0.1, -0.05) is 34.9 Å². The Labute approximate surface area is 215 Å². The van der Waals surface area contributed by atoms with Gasteiger partial charge in [-0.15, -0.1) is 11.0 Å². The van der Waals surface area contributed by atoms with Gasteiger partial charge in [-0.25, -0.2) is 9.48 Å². The molecule has 0 bridgehead atoms. The lowest BCUT2D eigenvalue weighted by atomic mass is 9.92. The lowest BCUT2D eigenvalue weighted by Crippen LogP contribution is -2.41. The van der Waals surface area contributed by atoms with Gasteiger partial charge in [0, 0.05) is 29.3 Å². The molecule has 2 unspecified atom stereocenters. The molecule has 2 atom stereocenters. The molecule has 0 aliphatic carbocycles. The SMILES string of the molecule is CC#CCOC(=O)N1CCc2c([nH]c3ccc(C)cc23)C1c1ccc(OCC(O)Cn2ccnn2)cc1. The summed E-state index contributed by atoms with van der Waals surface area (Å²) < 4.78 is 12.8. The number of amides is 1. The number of rotatable bonds is 7. The molecular weight excluding hydrogens is 470 g/mol. The Balaban J connectivity index is 1.39. The first-order valence-corrected chi connectivity index (χ1v) is 12.2. The van der Waals surface area contributed by atoms with Gasteiger partial charge in [0.2, 0.25) is 0 Å². The molecule has 37 heavy (non-hydrogen) atoms. The predicted octanol–water partition coefficient (Wildman–Crippen LogP) is 3.62. The number of benzene rings is 2. The largest absolute Gasteiger partial charge is 0.491 e. The molecule has 1 amide bonds. The third kappa shape index (κ3) is 5.29. The number of nitrogens with zero attached hydrogens (tertiary/aromatic N) is 4. The fourth-order valence-corrected chi connectivity index (χ4v) is 4.74. The number of carbonyl (C=O) groups excluding carboxylic acids is 1. The third-order valence-electron chi connectivity index (χ3n) is 6.47. The van der Waals surface area contributed by atoms with Crippen LogP contribution in [0.1, 0.15) is 35.3 Å². The van der Waals surface area contributed by atoms with Gasteiger partial charge in [-0.2, -0.15) is 0 Å². The van der Waals surface area contributed by atoms with Crippen LogP contribution in [0.25, 0.3) is 10.9 Å². The van der Waals surface area contributed by atoms with Gasteiger partial charge in [-0.3, -0.25) is 4.90 Å². The van der Waals surface area contributed by atoms with E-state index in [0.717, 1.165) is 23.2 Å². The van der Waals surface area contributed by atoms with E-state index in [0.29, 0.717) is 18.8 Å². The summed E-state index contributed by atoms with van der Waals surface area (Å²) in [5, 5.41) is 19.0. The first kappa shape index (κ1) is 24.4. The van der Waals surface area contributed by atoms with E-state index in [2.05, 4.69) is 52.3 Å². The zero-order chi connectivity index (χ0) is 25.8. The number of aryl methyl sites for hydroxylation is 1. The number of aromatic amines is 1. The summed E-state index contributed by atoms with van der Waals surface area (Å²) in [5.74, 6) is 6.17. The third-order valence-corrected chi connectivity index (χ3v) is 6.47. The summed E-state index contributed by atoms with van der Waals surface area (Å²) in [4.78, 5) is 18.4.